The number of nitrogens with two attached hydrogens (primary N) is 1. The van der Waals surface area contributed by atoms with Crippen LogP contribution in [0.2, 0.25) is 0 Å². The van der Waals surface area contributed by atoms with Crippen LogP contribution < -0.4 is 5.73 Å². The molecule has 2 rings (SSSR count). The molecule has 0 amide bonds. The summed E-state index contributed by atoms with van der Waals surface area (Å²) in [4.78, 5) is 10.6. The summed E-state index contributed by atoms with van der Waals surface area (Å²) in [6.45, 7) is 0.766. The van der Waals surface area contributed by atoms with E-state index in [2.05, 4.69) is 5.10 Å². The predicted octanol–water partition coefficient (Wildman–Crippen LogP) is 0.964. The first-order valence-electron chi connectivity index (χ1n) is 4.73. The third-order valence-electron chi connectivity index (χ3n) is 2.46. The van der Waals surface area contributed by atoms with Crippen molar-refractivity contribution >= 4 is 11.7 Å². The number of carboxylic acid groups (broad SMARTS) is 1. The molecule has 0 saturated heterocycles. The van der Waals surface area contributed by atoms with Crippen LogP contribution in [0.25, 0.3) is 0 Å². The average molecular weight is 195 g/mol. The van der Waals surface area contributed by atoms with Crippen molar-refractivity contribution < 1.29 is 9.90 Å². The van der Waals surface area contributed by atoms with Gasteiger partial charge in [0, 0.05) is 12.7 Å². The molecule has 1 aromatic heterocycles. The standard InChI is InChI=1S/C9H13N3O2/c10-7-5-12(4-3-6-1-2-6)11-8(7)9(13)14/h5-6H,1-4,10H2,(H,13,14). The smallest absolute Gasteiger partial charge is 0.358 e. The molecule has 0 atom stereocenters. The van der Waals surface area contributed by atoms with Crippen molar-refractivity contribution in [2.24, 2.45) is 5.92 Å². The number of carboxylic acids is 1. The lowest BCUT2D eigenvalue weighted by atomic mass is 10.3. The summed E-state index contributed by atoms with van der Waals surface area (Å²) >= 11 is 0. The molecule has 1 aliphatic carbocycles. The van der Waals surface area contributed by atoms with Crippen molar-refractivity contribution in [3.05, 3.63) is 11.9 Å². The third kappa shape index (κ3) is 1.86. The number of aryl methyl sites for hydroxylation is 1. The number of nitrogen functional groups attached to an aromatic ring is 1. The zero-order chi connectivity index (χ0) is 10.1. The summed E-state index contributed by atoms with van der Waals surface area (Å²) in [6.07, 6.45) is 5.25. The van der Waals surface area contributed by atoms with Gasteiger partial charge in [0.15, 0.2) is 5.69 Å². The molecule has 76 valence electrons. The number of aromatic carboxylic acids is 1. The van der Waals surface area contributed by atoms with Gasteiger partial charge in [-0.05, 0) is 12.3 Å². The number of hydrogen-bond donors (Lipinski definition) is 2. The summed E-state index contributed by atoms with van der Waals surface area (Å²) in [5.74, 6) is -0.249. The number of rotatable bonds is 4. The number of hydrogen-bond acceptors (Lipinski definition) is 3. The van der Waals surface area contributed by atoms with Gasteiger partial charge in [0.1, 0.15) is 0 Å². The Morgan fingerprint density at radius 1 is 1.71 bits per heavy atom. The molecule has 1 aliphatic rings. The van der Waals surface area contributed by atoms with E-state index in [9.17, 15) is 4.79 Å². The van der Waals surface area contributed by atoms with E-state index >= 15 is 0 Å². The van der Waals surface area contributed by atoms with Gasteiger partial charge >= 0.3 is 5.97 Å². The maximum atomic E-state index is 10.6. The Morgan fingerprint density at radius 2 is 2.43 bits per heavy atom. The normalized spacial score (nSPS) is 15.7. The maximum absolute atomic E-state index is 10.6. The van der Waals surface area contributed by atoms with Crippen LogP contribution in [0.4, 0.5) is 5.69 Å². The van der Waals surface area contributed by atoms with E-state index in [0.29, 0.717) is 0 Å². The van der Waals surface area contributed by atoms with E-state index < -0.39 is 5.97 Å². The fraction of sp³-hybridized carbons (Fsp3) is 0.556. The molecular formula is C9H13N3O2. The zero-order valence-electron chi connectivity index (χ0n) is 7.81. The second-order valence-corrected chi connectivity index (χ2v) is 3.73. The molecule has 5 nitrogen and oxygen atoms in total. The molecule has 1 saturated carbocycles. The van der Waals surface area contributed by atoms with Crippen LogP contribution in [-0.2, 0) is 6.54 Å². The van der Waals surface area contributed by atoms with Gasteiger partial charge in [0.05, 0.1) is 5.69 Å². The Morgan fingerprint density at radius 3 is 2.93 bits per heavy atom. The summed E-state index contributed by atoms with van der Waals surface area (Å²) in [5, 5.41) is 12.6. The highest BCUT2D eigenvalue weighted by molar-refractivity contribution is 5.91. The minimum Gasteiger partial charge on any atom is -0.476 e. The molecule has 1 fully saturated rings. The molecule has 0 radical (unpaired) electrons. The predicted molar refractivity (Wildman–Crippen MR) is 50.9 cm³/mol. The second-order valence-electron chi connectivity index (χ2n) is 3.73. The first-order chi connectivity index (χ1) is 6.66. The van der Waals surface area contributed by atoms with Crippen LogP contribution in [0.1, 0.15) is 29.8 Å². The fourth-order valence-electron chi connectivity index (χ4n) is 1.44. The minimum absolute atomic E-state index is 0.0409. The van der Waals surface area contributed by atoms with Crippen molar-refractivity contribution in [1.29, 1.82) is 0 Å². The minimum atomic E-state index is -1.06. The number of aromatic nitrogens is 2. The molecule has 5 heteroatoms. The molecule has 0 aliphatic heterocycles. The monoisotopic (exact) mass is 195 g/mol. The van der Waals surface area contributed by atoms with Crippen LogP contribution in [0.5, 0.6) is 0 Å². The number of anilines is 1. The van der Waals surface area contributed by atoms with E-state index in [1.54, 1.807) is 10.9 Å². The van der Waals surface area contributed by atoms with Crippen molar-refractivity contribution in [3.63, 3.8) is 0 Å². The van der Waals surface area contributed by atoms with Gasteiger partial charge in [-0.1, -0.05) is 12.8 Å². The van der Waals surface area contributed by atoms with Gasteiger partial charge in [0.2, 0.25) is 0 Å². The summed E-state index contributed by atoms with van der Waals surface area (Å²) in [7, 11) is 0. The van der Waals surface area contributed by atoms with Crippen molar-refractivity contribution in [2.75, 3.05) is 5.73 Å². The summed E-state index contributed by atoms with van der Waals surface area (Å²) in [5.41, 5.74) is 5.70. The van der Waals surface area contributed by atoms with Gasteiger partial charge in [-0.15, -0.1) is 0 Å². The first kappa shape index (κ1) is 9.05. The Labute approximate surface area is 81.5 Å². The van der Waals surface area contributed by atoms with Crippen molar-refractivity contribution in [3.8, 4) is 0 Å². The zero-order valence-corrected chi connectivity index (χ0v) is 7.81. The van der Waals surface area contributed by atoms with Crippen LogP contribution in [0, 0.1) is 5.92 Å². The van der Waals surface area contributed by atoms with E-state index in [1.807, 2.05) is 0 Å². The number of carbonyl (C=O) groups is 1. The molecule has 14 heavy (non-hydrogen) atoms. The van der Waals surface area contributed by atoms with Gasteiger partial charge in [-0.3, -0.25) is 4.68 Å². The molecule has 1 aromatic rings. The summed E-state index contributed by atoms with van der Waals surface area (Å²) < 4.78 is 1.62. The van der Waals surface area contributed by atoms with Gasteiger partial charge in [0.25, 0.3) is 0 Å². The molecule has 0 unspecified atom stereocenters. The van der Waals surface area contributed by atoms with Crippen LogP contribution in [0.15, 0.2) is 6.20 Å². The van der Waals surface area contributed by atoms with E-state index in [1.165, 1.54) is 12.8 Å². The Kier molecular flexibility index (Phi) is 2.15. The van der Waals surface area contributed by atoms with E-state index in [0.717, 1.165) is 18.9 Å². The Bertz CT molecular complexity index is 355. The molecule has 0 spiro atoms. The largest absolute Gasteiger partial charge is 0.476 e. The van der Waals surface area contributed by atoms with Crippen LogP contribution in [-0.4, -0.2) is 20.9 Å². The van der Waals surface area contributed by atoms with E-state index in [4.69, 9.17) is 10.8 Å². The molecule has 1 heterocycles. The van der Waals surface area contributed by atoms with Crippen molar-refractivity contribution in [1.82, 2.24) is 9.78 Å². The van der Waals surface area contributed by atoms with E-state index in [-0.39, 0.29) is 11.4 Å². The lowest BCUT2D eigenvalue weighted by molar-refractivity contribution is 0.0690. The topological polar surface area (TPSA) is 81.1 Å². The average Bonchev–Trinajstić information content (AvgIpc) is 2.86. The Hall–Kier alpha value is -1.52. The highest BCUT2D eigenvalue weighted by atomic mass is 16.4. The fourth-order valence-corrected chi connectivity index (χ4v) is 1.44. The van der Waals surface area contributed by atoms with Gasteiger partial charge in [-0.25, -0.2) is 4.79 Å². The first-order valence-corrected chi connectivity index (χ1v) is 4.73. The molecule has 0 bridgehead atoms. The van der Waals surface area contributed by atoms with Gasteiger partial charge in [-0.2, -0.15) is 5.10 Å². The summed E-state index contributed by atoms with van der Waals surface area (Å²) in [6, 6.07) is 0. The highest BCUT2D eigenvalue weighted by Crippen LogP contribution is 2.32. The molecular weight excluding hydrogens is 182 g/mol. The van der Waals surface area contributed by atoms with Crippen molar-refractivity contribution in [2.45, 2.75) is 25.8 Å². The van der Waals surface area contributed by atoms with Crippen LogP contribution in [0.3, 0.4) is 0 Å². The maximum Gasteiger partial charge on any atom is 0.358 e. The lowest BCUT2D eigenvalue weighted by Gasteiger charge is -1.97. The third-order valence-corrected chi connectivity index (χ3v) is 2.46. The number of nitrogens with zero attached hydrogens (tertiary/aromatic N) is 2. The molecule has 0 aromatic carbocycles. The van der Waals surface area contributed by atoms with Gasteiger partial charge < -0.3 is 10.8 Å². The highest BCUT2D eigenvalue weighted by Gasteiger charge is 2.21. The molecule has 3 N–H and O–H groups in total. The SMILES string of the molecule is Nc1cn(CCC2CC2)nc1C(=O)O. The Balaban J connectivity index is 2.02. The quantitative estimate of drug-likeness (QED) is 0.749. The lowest BCUT2D eigenvalue weighted by Crippen LogP contribution is -2.04. The second kappa shape index (κ2) is 3.32. The van der Waals surface area contributed by atoms with Crippen LogP contribution >= 0.6 is 0 Å².